The number of likely N-dealkylation sites (tertiary alicyclic amines) is 1. The fourth-order valence-electron chi connectivity index (χ4n) is 4.37. The average Bonchev–Trinajstić information content (AvgIpc) is 3.26. The second-order valence-electron chi connectivity index (χ2n) is 7.80. The summed E-state index contributed by atoms with van der Waals surface area (Å²) < 4.78 is 6.36. The van der Waals surface area contributed by atoms with E-state index in [0.717, 1.165) is 44.9 Å². The van der Waals surface area contributed by atoms with Gasteiger partial charge in [-0.1, -0.05) is 43.2 Å². The van der Waals surface area contributed by atoms with E-state index in [9.17, 15) is 14.7 Å². The molecule has 1 N–H and O–H groups in total. The molecule has 0 aromatic heterocycles. The summed E-state index contributed by atoms with van der Waals surface area (Å²) in [5.74, 6) is -0.630. The number of carbonyl (C=O) groups is 2. The molecular weight excluding hydrogens is 318 g/mol. The van der Waals surface area contributed by atoms with Gasteiger partial charge in [0.1, 0.15) is 13.1 Å². The van der Waals surface area contributed by atoms with Gasteiger partial charge >= 0.3 is 5.97 Å². The Balaban J connectivity index is 1.78. The molecule has 2 fully saturated rings. The summed E-state index contributed by atoms with van der Waals surface area (Å²) in [4.78, 5) is 23.9. The second kappa shape index (κ2) is 7.26. The Morgan fingerprint density at radius 2 is 1.96 bits per heavy atom. The molecule has 25 heavy (non-hydrogen) atoms. The predicted octanol–water partition coefficient (Wildman–Crippen LogP) is 2.03. The lowest BCUT2D eigenvalue weighted by Gasteiger charge is -2.33. The van der Waals surface area contributed by atoms with E-state index in [1.54, 1.807) is 12.1 Å². The van der Waals surface area contributed by atoms with E-state index >= 15 is 0 Å². The first kappa shape index (κ1) is 18.1. The van der Waals surface area contributed by atoms with E-state index in [0.29, 0.717) is 23.1 Å². The maximum Gasteiger partial charge on any atom is 0.343 e. The summed E-state index contributed by atoms with van der Waals surface area (Å²) in [6.45, 7) is 1.86. The lowest BCUT2D eigenvalue weighted by atomic mass is 9.80. The number of nitrogens with zero attached hydrogens (tertiary/aromatic N) is 1. The zero-order valence-electron chi connectivity index (χ0n) is 14.9. The van der Waals surface area contributed by atoms with E-state index < -0.39 is 11.6 Å². The largest absolute Gasteiger partial charge is 0.454 e. The molecule has 0 amide bonds. The fourth-order valence-corrected chi connectivity index (χ4v) is 4.37. The lowest BCUT2D eigenvalue weighted by molar-refractivity contribution is -0.890. The predicted molar refractivity (Wildman–Crippen MR) is 93.6 cm³/mol. The molecule has 5 nitrogen and oxygen atoms in total. The molecular formula is C20H28NO4+. The monoisotopic (exact) mass is 346 g/mol. The molecule has 1 aliphatic heterocycles. The highest BCUT2D eigenvalue weighted by molar-refractivity contribution is 5.81. The van der Waals surface area contributed by atoms with Crippen molar-refractivity contribution in [3.8, 4) is 0 Å². The third-order valence-electron chi connectivity index (χ3n) is 5.90. The Kier molecular flexibility index (Phi) is 5.25. The van der Waals surface area contributed by atoms with Crippen LogP contribution in [0.15, 0.2) is 30.3 Å². The first-order valence-corrected chi connectivity index (χ1v) is 9.24. The Labute approximate surface area is 149 Å². The number of esters is 1. The molecule has 3 rings (SSSR count). The molecule has 1 aromatic carbocycles. The van der Waals surface area contributed by atoms with Crippen LogP contribution in [-0.4, -0.2) is 54.6 Å². The van der Waals surface area contributed by atoms with Crippen molar-refractivity contribution in [1.29, 1.82) is 0 Å². The maximum absolute atomic E-state index is 13.0. The van der Waals surface area contributed by atoms with Crippen LogP contribution in [0, 0.1) is 5.92 Å². The quantitative estimate of drug-likeness (QED) is 0.486. The molecule has 0 radical (unpaired) electrons. The number of hydrogen-bond donors (Lipinski definition) is 1. The Hall–Kier alpha value is -1.72. The second-order valence-corrected chi connectivity index (χ2v) is 7.80. The van der Waals surface area contributed by atoms with Gasteiger partial charge in [-0.2, -0.15) is 0 Å². The van der Waals surface area contributed by atoms with Crippen molar-refractivity contribution < 1.29 is 23.9 Å². The van der Waals surface area contributed by atoms with Crippen LogP contribution >= 0.6 is 0 Å². The maximum atomic E-state index is 13.0. The highest BCUT2D eigenvalue weighted by atomic mass is 16.6. The van der Waals surface area contributed by atoms with Crippen LogP contribution in [0.25, 0.3) is 0 Å². The highest BCUT2D eigenvalue weighted by Gasteiger charge is 2.49. The molecule has 0 spiro atoms. The van der Waals surface area contributed by atoms with Gasteiger partial charge in [-0.05, 0) is 18.4 Å². The van der Waals surface area contributed by atoms with Gasteiger partial charge < -0.3 is 14.3 Å². The summed E-state index contributed by atoms with van der Waals surface area (Å²) in [6.07, 6.45) is 5.15. The van der Waals surface area contributed by atoms with Gasteiger partial charge in [0.2, 0.25) is 0 Å². The van der Waals surface area contributed by atoms with Crippen molar-refractivity contribution in [3.05, 3.63) is 35.9 Å². The van der Waals surface area contributed by atoms with Crippen molar-refractivity contribution >= 4 is 12.3 Å². The van der Waals surface area contributed by atoms with Gasteiger partial charge in [0.05, 0.1) is 13.6 Å². The smallest absolute Gasteiger partial charge is 0.343 e. The molecule has 2 unspecified atom stereocenters. The minimum Gasteiger partial charge on any atom is -0.454 e. The van der Waals surface area contributed by atoms with E-state index in [4.69, 9.17) is 4.74 Å². The lowest BCUT2D eigenvalue weighted by Crippen LogP contribution is -2.47. The number of rotatable bonds is 6. The minimum absolute atomic E-state index is 0.0975. The molecule has 136 valence electrons. The first-order valence-electron chi connectivity index (χ1n) is 9.24. The van der Waals surface area contributed by atoms with E-state index in [-0.39, 0.29) is 12.0 Å². The van der Waals surface area contributed by atoms with Crippen LogP contribution < -0.4 is 0 Å². The number of benzene rings is 1. The zero-order valence-corrected chi connectivity index (χ0v) is 14.9. The van der Waals surface area contributed by atoms with E-state index in [2.05, 4.69) is 0 Å². The molecule has 2 aliphatic rings. The molecule has 1 saturated carbocycles. The van der Waals surface area contributed by atoms with Crippen molar-refractivity contribution in [2.45, 2.75) is 43.8 Å². The van der Waals surface area contributed by atoms with Gasteiger partial charge in [0.25, 0.3) is 0 Å². The molecule has 1 saturated heterocycles. The normalized spacial score (nSPS) is 29.3. The molecule has 1 aliphatic carbocycles. The third-order valence-corrected chi connectivity index (χ3v) is 5.90. The van der Waals surface area contributed by atoms with E-state index in [1.165, 1.54) is 0 Å². The number of quaternary nitrogens is 1. The van der Waals surface area contributed by atoms with Crippen LogP contribution in [-0.2, 0) is 19.9 Å². The van der Waals surface area contributed by atoms with Crippen LogP contribution in [0.5, 0.6) is 0 Å². The topological polar surface area (TPSA) is 63.6 Å². The van der Waals surface area contributed by atoms with Gasteiger partial charge in [-0.3, -0.25) is 4.79 Å². The highest BCUT2D eigenvalue weighted by Crippen LogP contribution is 2.42. The summed E-state index contributed by atoms with van der Waals surface area (Å²) in [6, 6.07) is 9.18. The van der Waals surface area contributed by atoms with Crippen LogP contribution in [0.4, 0.5) is 0 Å². The van der Waals surface area contributed by atoms with Crippen LogP contribution in [0.2, 0.25) is 0 Å². The van der Waals surface area contributed by atoms with Gasteiger partial charge in [-0.15, -0.1) is 0 Å². The molecule has 5 heteroatoms. The van der Waals surface area contributed by atoms with E-state index in [1.807, 2.05) is 25.2 Å². The zero-order chi connectivity index (χ0) is 17.9. The summed E-state index contributed by atoms with van der Waals surface area (Å²) >= 11 is 0. The Bertz CT molecular complexity index is 613. The van der Waals surface area contributed by atoms with Crippen LogP contribution in [0.1, 0.15) is 37.7 Å². The Morgan fingerprint density at radius 3 is 2.60 bits per heavy atom. The number of aldehydes is 1. The van der Waals surface area contributed by atoms with Crippen LogP contribution in [0.3, 0.4) is 0 Å². The average molecular weight is 346 g/mol. The minimum atomic E-state index is -1.57. The number of hydrogen-bond acceptors (Lipinski definition) is 4. The SMILES string of the molecule is C[N+]1(CC=O)CC[C@@H](OC(=O)C(O)(c2ccccc2)C2CCCC2)C1. The molecule has 1 heterocycles. The number of ether oxygens (including phenoxy) is 1. The molecule has 1 aromatic rings. The summed E-state index contributed by atoms with van der Waals surface area (Å²) in [5.41, 5.74) is -0.955. The molecule has 0 bridgehead atoms. The first-order chi connectivity index (χ1) is 12.0. The fraction of sp³-hybridized carbons (Fsp3) is 0.600. The number of carbonyl (C=O) groups excluding carboxylic acids is 2. The standard InChI is InChI=1S/C20H28NO4/c1-21(13-14-22)12-11-18(15-21)25-19(23)20(24,17-9-5-6-10-17)16-7-3-2-4-8-16/h2-4,7-8,14,17-18,24H,5-6,9-13,15H2,1H3/q+1/t18-,20?,21?/m1/s1. The van der Waals surface area contributed by atoms with Gasteiger partial charge in [0, 0.05) is 12.3 Å². The number of aliphatic hydroxyl groups is 1. The summed E-state index contributed by atoms with van der Waals surface area (Å²) in [7, 11) is 2.00. The molecule has 3 atom stereocenters. The Morgan fingerprint density at radius 1 is 1.28 bits per heavy atom. The van der Waals surface area contributed by atoms with Crippen molar-refractivity contribution in [2.75, 3.05) is 26.7 Å². The van der Waals surface area contributed by atoms with Crippen molar-refractivity contribution in [3.63, 3.8) is 0 Å². The van der Waals surface area contributed by atoms with Gasteiger partial charge in [0.15, 0.2) is 18.0 Å². The summed E-state index contributed by atoms with van der Waals surface area (Å²) in [5, 5.41) is 11.4. The van der Waals surface area contributed by atoms with Gasteiger partial charge in [-0.25, -0.2) is 4.79 Å². The van der Waals surface area contributed by atoms with Crippen molar-refractivity contribution in [1.82, 2.24) is 0 Å². The van der Waals surface area contributed by atoms with Crippen molar-refractivity contribution in [2.24, 2.45) is 5.92 Å². The number of likely N-dealkylation sites (N-methyl/N-ethyl adjacent to an activating group) is 1. The third kappa shape index (κ3) is 3.62.